The number of hydrogen-bond donors (Lipinski definition) is 1. The fourth-order valence-electron chi connectivity index (χ4n) is 1.65. The van der Waals surface area contributed by atoms with Crippen LogP contribution in [-0.2, 0) is 6.54 Å². The zero-order valence-corrected chi connectivity index (χ0v) is 12.7. The Hall–Kier alpha value is -0.910. The summed E-state index contributed by atoms with van der Waals surface area (Å²) in [6.07, 6.45) is 1.27. The van der Waals surface area contributed by atoms with E-state index in [1.54, 1.807) is 24.5 Å². The average Bonchev–Trinajstić information content (AvgIpc) is 2.75. The van der Waals surface area contributed by atoms with E-state index in [2.05, 4.69) is 37.3 Å². The van der Waals surface area contributed by atoms with Crippen LogP contribution >= 0.6 is 27.3 Å². The van der Waals surface area contributed by atoms with Gasteiger partial charge in [-0.25, -0.2) is 4.98 Å². The number of thiophene rings is 1. The number of anilines is 1. The summed E-state index contributed by atoms with van der Waals surface area (Å²) in [7, 11) is 2.00. The molecule has 2 heterocycles. The highest BCUT2D eigenvalue weighted by Gasteiger charge is 2.08. The number of nitrogens with zero attached hydrogens (tertiary/aromatic N) is 2. The van der Waals surface area contributed by atoms with E-state index in [1.807, 2.05) is 19.2 Å². The molecule has 0 saturated carbocycles. The van der Waals surface area contributed by atoms with Gasteiger partial charge in [-0.05, 0) is 46.6 Å². The molecule has 0 unspecified atom stereocenters. The second-order valence-corrected chi connectivity index (χ2v) is 6.12. The molecular formula is C13H15BrN2OS. The lowest BCUT2D eigenvalue weighted by molar-refractivity contribution is 0.199. The van der Waals surface area contributed by atoms with Crippen LogP contribution in [0.4, 0.5) is 5.82 Å². The Morgan fingerprint density at radius 3 is 2.89 bits per heavy atom. The van der Waals surface area contributed by atoms with Gasteiger partial charge in [-0.2, -0.15) is 0 Å². The number of pyridine rings is 1. The van der Waals surface area contributed by atoms with Crippen LogP contribution in [0.1, 0.15) is 23.5 Å². The van der Waals surface area contributed by atoms with Crippen LogP contribution < -0.4 is 4.90 Å². The van der Waals surface area contributed by atoms with Gasteiger partial charge in [-0.15, -0.1) is 11.3 Å². The first kappa shape index (κ1) is 13.5. The van der Waals surface area contributed by atoms with Crippen LogP contribution in [0.3, 0.4) is 0 Å². The summed E-state index contributed by atoms with van der Waals surface area (Å²) < 4.78 is 1.11. The first-order chi connectivity index (χ1) is 8.56. The molecular weight excluding hydrogens is 312 g/mol. The highest BCUT2D eigenvalue weighted by Crippen LogP contribution is 2.23. The molecule has 2 aromatic rings. The Morgan fingerprint density at radius 2 is 2.28 bits per heavy atom. The minimum atomic E-state index is -0.462. The molecule has 0 radical (unpaired) electrons. The summed E-state index contributed by atoms with van der Waals surface area (Å²) >= 11 is 5.17. The van der Waals surface area contributed by atoms with Gasteiger partial charge in [0.25, 0.3) is 0 Å². The molecule has 0 saturated heterocycles. The van der Waals surface area contributed by atoms with E-state index in [0.29, 0.717) is 0 Å². The number of aromatic nitrogens is 1. The fraction of sp³-hybridized carbons (Fsp3) is 0.308. The number of aliphatic hydroxyl groups is 1. The Labute approximate surface area is 119 Å². The third-order valence-electron chi connectivity index (χ3n) is 2.66. The maximum Gasteiger partial charge on any atom is 0.128 e. The van der Waals surface area contributed by atoms with E-state index >= 15 is 0 Å². The van der Waals surface area contributed by atoms with Gasteiger partial charge in [-0.1, -0.05) is 0 Å². The second kappa shape index (κ2) is 5.82. The molecule has 0 amide bonds. The summed E-state index contributed by atoms with van der Waals surface area (Å²) in [6.45, 7) is 2.57. The van der Waals surface area contributed by atoms with Crippen LogP contribution in [-0.4, -0.2) is 17.1 Å². The monoisotopic (exact) mass is 326 g/mol. The lowest BCUT2D eigenvalue weighted by Crippen LogP contribution is -2.17. The van der Waals surface area contributed by atoms with Crippen LogP contribution in [0.25, 0.3) is 0 Å². The number of hydrogen-bond acceptors (Lipinski definition) is 4. The van der Waals surface area contributed by atoms with Gasteiger partial charge in [0.15, 0.2) is 0 Å². The predicted molar refractivity (Wildman–Crippen MR) is 79.0 cm³/mol. The second-order valence-electron chi connectivity index (χ2n) is 4.21. The van der Waals surface area contributed by atoms with Crippen LogP contribution in [0.2, 0.25) is 0 Å². The molecule has 0 aliphatic carbocycles. The van der Waals surface area contributed by atoms with Crippen molar-refractivity contribution in [1.82, 2.24) is 4.98 Å². The maximum atomic E-state index is 9.57. The van der Waals surface area contributed by atoms with Gasteiger partial charge in [0.2, 0.25) is 0 Å². The molecule has 0 spiro atoms. The Bertz CT molecular complexity index is 527. The van der Waals surface area contributed by atoms with Crippen LogP contribution in [0.5, 0.6) is 0 Å². The van der Waals surface area contributed by atoms with E-state index in [1.165, 1.54) is 4.88 Å². The van der Waals surface area contributed by atoms with Crippen molar-refractivity contribution in [3.8, 4) is 0 Å². The minimum Gasteiger partial charge on any atom is -0.389 e. The number of rotatable bonds is 4. The molecule has 0 bridgehead atoms. The van der Waals surface area contributed by atoms with E-state index in [0.717, 1.165) is 22.4 Å². The van der Waals surface area contributed by atoms with Gasteiger partial charge >= 0.3 is 0 Å². The van der Waals surface area contributed by atoms with Crippen molar-refractivity contribution in [3.63, 3.8) is 0 Å². The molecule has 0 aromatic carbocycles. The Morgan fingerprint density at radius 1 is 1.50 bits per heavy atom. The summed E-state index contributed by atoms with van der Waals surface area (Å²) in [6, 6.07) is 5.87. The van der Waals surface area contributed by atoms with Gasteiger partial charge in [-0.3, -0.25) is 0 Å². The zero-order valence-electron chi connectivity index (χ0n) is 10.3. The van der Waals surface area contributed by atoms with Gasteiger partial charge < -0.3 is 10.0 Å². The lowest BCUT2D eigenvalue weighted by atomic mass is 10.2. The molecule has 0 aliphatic heterocycles. The van der Waals surface area contributed by atoms with Crippen molar-refractivity contribution in [3.05, 3.63) is 44.7 Å². The van der Waals surface area contributed by atoms with Crippen molar-refractivity contribution < 1.29 is 5.11 Å². The van der Waals surface area contributed by atoms with Gasteiger partial charge in [0.1, 0.15) is 5.82 Å². The zero-order chi connectivity index (χ0) is 13.1. The van der Waals surface area contributed by atoms with Crippen molar-refractivity contribution in [1.29, 1.82) is 0 Å². The highest BCUT2D eigenvalue weighted by molar-refractivity contribution is 9.10. The normalized spacial score (nSPS) is 12.4. The number of aliphatic hydroxyl groups excluding tert-OH is 1. The van der Waals surface area contributed by atoms with Crippen molar-refractivity contribution in [2.24, 2.45) is 0 Å². The Balaban J connectivity index is 2.13. The molecule has 1 N–H and O–H groups in total. The molecule has 3 nitrogen and oxygen atoms in total. The summed E-state index contributed by atoms with van der Waals surface area (Å²) in [5.41, 5.74) is 0.888. The van der Waals surface area contributed by atoms with Crippen LogP contribution in [0, 0.1) is 0 Å². The summed E-state index contributed by atoms with van der Waals surface area (Å²) in [5.74, 6) is 0.873. The maximum absolute atomic E-state index is 9.57. The molecule has 1 atom stereocenters. The molecule has 18 heavy (non-hydrogen) atoms. The van der Waals surface area contributed by atoms with Crippen molar-refractivity contribution in [2.45, 2.75) is 19.6 Å². The molecule has 96 valence electrons. The average molecular weight is 327 g/mol. The molecule has 0 aliphatic rings. The Kier molecular flexibility index (Phi) is 4.37. The topological polar surface area (TPSA) is 36.4 Å². The van der Waals surface area contributed by atoms with Gasteiger partial charge in [0.05, 0.1) is 12.6 Å². The smallest absolute Gasteiger partial charge is 0.128 e. The third kappa shape index (κ3) is 3.31. The minimum absolute atomic E-state index is 0.462. The third-order valence-corrected chi connectivity index (χ3v) is 4.34. The standard InChI is InChI=1S/C13H15BrN2OS/c1-9(17)10-3-4-15-13(5-10)16(2)7-12-6-11(14)8-18-12/h3-6,8-9,17H,7H2,1-2H3/t9-/m0/s1. The first-order valence-electron chi connectivity index (χ1n) is 5.64. The molecule has 2 aromatic heterocycles. The molecule has 5 heteroatoms. The predicted octanol–water partition coefficient (Wildman–Crippen LogP) is 3.60. The molecule has 0 fully saturated rings. The van der Waals surface area contributed by atoms with E-state index in [4.69, 9.17) is 0 Å². The first-order valence-corrected chi connectivity index (χ1v) is 7.31. The van der Waals surface area contributed by atoms with Crippen LogP contribution in [0.15, 0.2) is 34.2 Å². The SMILES string of the molecule is C[C@H](O)c1ccnc(N(C)Cc2cc(Br)cs2)c1. The highest BCUT2D eigenvalue weighted by atomic mass is 79.9. The molecule has 2 rings (SSSR count). The quantitative estimate of drug-likeness (QED) is 0.932. The lowest BCUT2D eigenvalue weighted by Gasteiger charge is -2.18. The number of halogens is 1. The van der Waals surface area contributed by atoms with E-state index in [-0.39, 0.29) is 0 Å². The van der Waals surface area contributed by atoms with Crippen molar-refractivity contribution in [2.75, 3.05) is 11.9 Å². The summed E-state index contributed by atoms with van der Waals surface area (Å²) in [4.78, 5) is 7.68. The van der Waals surface area contributed by atoms with Gasteiger partial charge in [0, 0.05) is 28.0 Å². The van der Waals surface area contributed by atoms with Crippen molar-refractivity contribution >= 4 is 33.1 Å². The van der Waals surface area contributed by atoms with E-state index in [9.17, 15) is 5.11 Å². The largest absolute Gasteiger partial charge is 0.389 e. The fourth-order valence-corrected chi connectivity index (χ4v) is 3.16. The summed E-state index contributed by atoms with van der Waals surface area (Å²) in [5, 5.41) is 11.6. The van der Waals surface area contributed by atoms with E-state index < -0.39 is 6.10 Å².